The van der Waals surface area contributed by atoms with E-state index in [9.17, 15) is 9.18 Å². The van der Waals surface area contributed by atoms with Crippen molar-refractivity contribution in [1.82, 2.24) is 5.16 Å². The van der Waals surface area contributed by atoms with Crippen LogP contribution in [0.4, 0.5) is 15.8 Å². The van der Waals surface area contributed by atoms with Gasteiger partial charge in [-0.2, -0.15) is 0 Å². The van der Waals surface area contributed by atoms with Gasteiger partial charge in [0.1, 0.15) is 17.2 Å². The number of aromatic nitrogens is 1. The molecule has 0 spiro atoms. The summed E-state index contributed by atoms with van der Waals surface area (Å²) in [6.07, 6.45) is 2.15. The SMILES string of the molecule is Cc1noc(C)c1NC(=O)c1ccc(N2CCCC2)c(F)c1. The summed E-state index contributed by atoms with van der Waals surface area (Å²) in [5, 5.41) is 6.49. The third-order valence-corrected chi connectivity index (χ3v) is 3.93. The second-order valence-electron chi connectivity index (χ2n) is 5.51. The fraction of sp³-hybridized carbons (Fsp3) is 0.375. The third kappa shape index (κ3) is 2.68. The number of amides is 1. The minimum Gasteiger partial charge on any atom is -0.369 e. The van der Waals surface area contributed by atoms with Crippen molar-refractivity contribution in [3.05, 3.63) is 41.0 Å². The average molecular weight is 303 g/mol. The molecule has 1 saturated heterocycles. The van der Waals surface area contributed by atoms with Crippen LogP contribution in [0.2, 0.25) is 0 Å². The predicted molar refractivity (Wildman–Crippen MR) is 81.8 cm³/mol. The third-order valence-electron chi connectivity index (χ3n) is 3.93. The Balaban J connectivity index is 1.80. The van der Waals surface area contributed by atoms with Crippen LogP contribution in [0.25, 0.3) is 0 Å². The van der Waals surface area contributed by atoms with E-state index < -0.39 is 0 Å². The van der Waals surface area contributed by atoms with E-state index in [-0.39, 0.29) is 17.3 Å². The minimum absolute atomic E-state index is 0.278. The topological polar surface area (TPSA) is 58.4 Å². The van der Waals surface area contributed by atoms with Crippen LogP contribution in [0.15, 0.2) is 22.7 Å². The maximum Gasteiger partial charge on any atom is 0.255 e. The maximum atomic E-state index is 14.2. The first-order valence-corrected chi connectivity index (χ1v) is 7.35. The Hall–Kier alpha value is -2.37. The van der Waals surface area contributed by atoms with Gasteiger partial charge in [-0.1, -0.05) is 5.16 Å². The lowest BCUT2D eigenvalue weighted by Crippen LogP contribution is -2.20. The summed E-state index contributed by atoms with van der Waals surface area (Å²) in [7, 11) is 0. The Labute approximate surface area is 128 Å². The van der Waals surface area contributed by atoms with Gasteiger partial charge < -0.3 is 14.7 Å². The van der Waals surface area contributed by atoms with Crippen LogP contribution in [-0.4, -0.2) is 24.2 Å². The average Bonchev–Trinajstić information content (AvgIpc) is 3.12. The Bertz CT molecular complexity index is 686. The van der Waals surface area contributed by atoms with E-state index in [0.29, 0.717) is 22.8 Å². The standard InChI is InChI=1S/C16H18FN3O2/c1-10-15(11(2)22-19-10)18-16(21)12-5-6-14(13(17)9-12)20-7-3-4-8-20/h5-6,9H,3-4,7-8H2,1-2H3,(H,18,21). The number of anilines is 2. The normalized spacial score (nSPS) is 14.4. The highest BCUT2D eigenvalue weighted by Gasteiger charge is 2.19. The Morgan fingerprint density at radius 2 is 2.05 bits per heavy atom. The van der Waals surface area contributed by atoms with Gasteiger partial charge in [-0.3, -0.25) is 4.79 Å². The molecule has 1 aromatic carbocycles. The van der Waals surface area contributed by atoms with Gasteiger partial charge in [0, 0.05) is 18.7 Å². The van der Waals surface area contributed by atoms with Gasteiger partial charge in [0.2, 0.25) is 0 Å². The molecule has 0 saturated carbocycles. The molecule has 6 heteroatoms. The van der Waals surface area contributed by atoms with Crippen LogP contribution in [0.5, 0.6) is 0 Å². The van der Waals surface area contributed by atoms with Crippen LogP contribution in [-0.2, 0) is 0 Å². The van der Waals surface area contributed by atoms with Gasteiger partial charge in [-0.05, 0) is 44.9 Å². The number of aryl methyl sites for hydroxylation is 2. The zero-order valence-electron chi connectivity index (χ0n) is 12.6. The fourth-order valence-electron chi connectivity index (χ4n) is 2.71. The zero-order valence-corrected chi connectivity index (χ0v) is 12.6. The largest absolute Gasteiger partial charge is 0.369 e. The molecular formula is C16H18FN3O2. The minimum atomic E-state index is -0.374. The Morgan fingerprint density at radius 1 is 1.32 bits per heavy atom. The number of nitrogens with zero attached hydrogens (tertiary/aromatic N) is 2. The molecule has 0 unspecified atom stereocenters. The lowest BCUT2D eigenvalue weighted by molar-refractivity contribution is 0.102. The summed E-state index contributed by atoms with van der Waals surface area (Å²) in [6.45, 7) is 5.18. The molecule has 1 aromatic heterocycles. The number of carbonyl (C=O) groups excluding carboxylic acids is 1. The molecule has 0 bridgehead atoms. The van der Waals surface area contributed by atoms with E-state index >= 15 is 0 Å². The first-order valence-electron chi connectivity index (χ1n) is 7.35. The number of nitrogens with one attached hydrogen (secondary N) is 1. The van der Waals surface area contributed by atoms with Gasteiger partial charge in [-0.25, -0.2) is 4.39 Å². The molecule has 1 aliphatic heterocycles. The van der Waals surface area contributed by atoms with Crippen LogP contribution in [0.1, 0.15) is 34.7 Å². The summed E-state index contributed by atoms with van der Waals surface area (Å²) in [4.78, 5) is 14.2. The number of hydrogen-bond acceptors (Lipinski definition) is 4. The van der Waals surface area contributed by atoms with Crippen LogP contribution < -0.4 is 10.2 Å². The van der Waals surface area contributed by atoms with Crippen molar-refractivity contribution < 1.29 is 13.7 Å². The molecule has 1 aliphatic rings. The predicted octanol–water partition coefficient (Wildman–Crippen LogP) is 3.28. The van der Waals surface area contributed by atoms with Gasteiger partial charge >= 0.3 is 0 Å². The van der Waals surface area contributed by atoms with Gasteiger partial charge in [-0.15, -0.1) is 0 Å². The van der Waals surface area contributed by atoms with Crippen molar-refractivity contribution in [2.45, 2.75) is 26.7 Å². The van der Waals surface area contributed by atoms with E-state index in [1.807, 2.05) is 4.90 Å². The highest BCUT2D eigenvalue weighted by molar-refractivity contribution is 6.05. The summed E-state index contributed by atoms with van der Waals surface area (Å²) in [5.41, 5.74) is 1.97. The number of halogens is 1. The van der Waals surface area contributed by atoms with Gasteiger partial charge in [0.15, 0.2) is 5.76 Å². The summed E-state index contributed by atoms with van der Waals surface area (Å²) >= 11 is 0. The summed E-state index contributed by atoms with van der Waals surface area (Å²) in [6, 6.07) is 4.59. The van der Waals surface area contributed by atoms with Crippen molar-refractivity contribution in [2.24, 2.45) is 0 Å². The van der Waals surface area contributed by atoms with E-state index in [1.54, 1.807) is 26.0 Å². The Kier molecular flexibility index (Phi) is 3.83. The van der Waals surface area contributed by atoms with E-state index in [2.05, 4.69) is 10.5 Å². The van der Waals surface area contributed by atoms with E-state index in [4.69, 9.17) is 4.52 Å². The Morgan fingerprint density at radius 3 is 2.64 bits per heavy atom. The fourth-order valence-corrected chi connectivity index (χ4v) is 2.71. The smallest absolute Gasteiger partial charge is 0.255 e. The number of hydrogen-bond donors (Lipinski definition) is 1. The van der Waals surface area contributed by atoms with E-state index in [1.165, 1.54) is 6.07 Å². The molecule has 0 atom stereocenters. The quantitative estimate of drug-likeness (QED) is 0.945. The molecule has 1 fully saturated rings. The van der Waals surface area contributed by atoms with Crippen molar-refractivity contribution in [3.8, 4) is 0 Å². The highest BCUT2D eigenvalue weighted by Crippen LogP contribution is 2.25. The summed E-state index contributed by atoms with van der Waals surface area (Å²) in [5.74, 6) is -0.213. The molecule has 22 heavy (non-hydrogen) atoms. The van der Waals surface area contributed by atoms with Gasteiger partial charge in [0.25, 0.3) is 5.91 Å². The molecule has 0 radical (unpaired) electrons. The van der Waals surface area contributed by atoms with Crippen LogP contribution >= 0.6 is 0 Å². The van der Waals surface area contributed by atoms with Crippen molar-refractivity contribution in [3.63, 3.8) is 0 Å². The second kappa shape index (κ2) is 5.79. The molecule has 116 valence electrons. The van der Waals surface area contributed by atoms with Gasteiger partial charge in [0.05, 0.1) is 5.69 Å². The van der Waals surface area contributed by atoms with Crippen LogP contribution in [0, 0.1) is 19.7 Å². The highest BCUT2D eigenvalue weighted by atomic mass is 19.1. The number of rotatable bonds is 3. The first-order chi connectivity index (χ1) is 10.6. The maximum absolute atomic E-state index is 14.2. The monoisotopic (exact) mass is 303 g/mol. The van der Waals surface area contributed by atoms with Crippen molar-refractivity contribution in [2.75, 3.05) is 23.3 Å². The first kappa shape index (κ1) is 14.6. The molecular weight excluding hydrogens is 285 g/mol. The van der Waals surface area contributed by atoms with E-state index in [0.717, 1.165) is 25.9 Å². The lowest BCUT2D eigenvalue weighted by atomic mass is 10.1. The van der Waals surface area contributed by atoms with Crippen LogP contribution in [0.3, 0.4) is 0 Å². The number of benzene rings is 1. The zero-order chi connectivity index (χ0) is 15.7. The molecule has 5 nitrogen and oxygen atoms in total. The molecule has 1 N–H and O–H groups in total. The molecule has 2 aromatic rings. The molecule has 3 rings (SSSR count). The van der Waals surface area contributed by atoms with Crippen molar-refractivity contribution in [1.29, 1.82) is 0 Å². The molecule has 2 heterocycles. The molecule has 0 aliphatic carbocycles. The molecule has 1 amide bonds. The summed E-state index contributed by atoms with van der Waals surface area (Å²) < 4.78 is 19.2. The number of carbonyl (C=O) groups is 1. The second-order valence-corrected chi connectivity index (χ2v) is 5.51. The lowest BCUT2D eigenvalue weighted by Gasteiger charge is -2.18. The van der Waals surface area contributed by atoms with Crippen molar-refractivity contribution >= 4 is 17.3 Å².